The van der Waals surface area contributed by atoms with Crippen molar-refractivity contribution >= 4 is 5.91 Å². The number of nitrogens with one attached hydrogen (secondary N) is 2. The van der Waals surface area contributed by atoms with Crippen LogP contribution in [-0.2, 0) is 0 Å². The molecule has 0 aliphatic rings. The molecule has 1 rings (SSSR count). The summed E-state index contributed by atoms with van der Waals surface area (Å²) in [5, 5.41) is 2.75. The number of rotatable bonds is 5. The lowest BCUT2D eigenvalue weighted by atomic mass is 10.2. The van der Waals surface area contributed by atoms with Gasteiger partial charge in [-0.3, -0.25) is 4.79 Å². The molecule has 4 heteroatoms. The van der Waals surface area contributed by atoms with Crippen LogP contribution in [0.4, 0.5) is 0 Å². The van der Waals surface area contributed by atoms with Gasteiger partial charge in [0, 0.05) is 12.7 Å². The van der Waals surface area contributed by atoms with Gasteiger partial charge in [0.15, 0.2) is 0 Å². The van der Waals surface area contributed by atoms with E-state index < -0.39 is 0 Å². The first-order chi connectivity index (χ1) is 7.74. The van der Waals surface area contributed by atoms with Crippen LogP contribution in [0.2, 0.25) is 0 Å². The number of amides is 1. The van der Waals surface area contributed by atoms with Crippen LogP contribution in [-0.4, -0.2) is 22.4 Å². The van der Waals surface area contributed by atoms with E-state index in [9.17, 15) is 4.79 Å². The van der Waals surface area contributed by atoms with Crippen LogP contribution >= 0.6 is 0 Å². The molecule has 1 heterocycles. The minimum Gasteiger partial charge on any atom is -0.350 e. The smallest absolute Gasteiger partial charge is 0.271 e. The molecule has 0 fully saturated rings. The fraction of sp³-hybridized carbons (Fsp3) is 0.333. The topological polar surface area (TPSA) is 57.8 Å². The number of carbonyl (C=O) groups is 1. The average Bonchev–Trinajstić information content (AvgIpc) is 2.78. The van der Waals surface area contributed by atoms with E-state index in [1.165, 1.54) is 11.9 Å². The second-order valence-electron chi connectivity index (χ2n) is 3.42. The lowest BCUT2D eigenvalue weighted by Gasteiger charge is -1.98. The van der Waals surface area contributed by atoms with Gasteiger partial charge in [-0.05, 0) is 13.3 Å². The highest BCUT2D eigenvalue weighted by atomic mass is 16.1. The number of hydrogen-bond acceptors (Lipinski definition) is 2. The van der Waals surface area contributed by atoms with Crippen molar-refractivity contribution in [3.8, 4) is 0 Å². The number of hydrogen-bond donors (Lipinski definition) is 2. The fourth-order valence-electron chi connectivity index (χ4n) is 1.26. The predicted molar refractivity (Wildman–Crippen MR) is 64.1 cm³/mol. The molecule has 0 spiro atoms. The molecule has 0 atom stereocenters. The maximum Gasteiger partial charge on any atom is 0.271 e. The standard InChI is InChI=1S/C12H17N3O/c1-3-5-10(2)6-4-7-14-12(16)11-8-13-9-15-11/h4-6,8-9H,3,7H2,1-2H3,(H,13,15)(H,14,16)/b6-4-,10-5+. The van der Waals surface area contributed by atoms with Crippen molar-refractivity contribution < 1.29 is 4.79 Å². The predicted octanol–water partition coefficient (Wildman–Crippen LogP) is 2.05. The maximum absolute atomic E-state index is 11.4. The number of nitrogens with zero attached hydrogens (tertiary/aromatic N) is 1. The Bertz CT molecular complexity index is 377. The summed E-state index contributed by atoms with van der Waals surface area (Å²) in [6.07, 6.45) is 10.1. The largest absolute Gasteiger partial charge is 0.350 e. The van der Waals surface area contributed by atoms with Gasteiger partial charge in [-0.2, -0.15) is 0 Å². The molecule has 86 valence electrons. The minimum absolute atomic E-state index is 0.164. The second kappa shape index (κ2) is 6.61. The third-order valence-electron chi connectivity index (χ3n) is 2.02. The van der Waals surface area contributed by atoms with E-state index in [1.54, 1.807) is 6.20 Å². The molecule has 1 aromatic rings. The Balaban J connectivity index is 2.31. The van der Waals surface area contributed by atoms with E-state index in [0.717, 1.165) is 6.42 Å². The first-order valence-corrected chi connectivity index (χ1v) is 5.34. The van der Waals surface area contributed by atoms with Gasteiger partial charge >= 0.3 is 0 Å². The normalized spacial score (nSPS) is 12.0. The van der Waals surface area contributed by atoms with E-state index in [2.05, 4.69) is 28.3 Å². The number of carbonyl (C=O) groups excluding carboxylic acids is 1. The Morgan fingerprint density at radius 1 is 1.62 bits per heavy atom. The van der Waals surface area contributed by atoms with Crippen LogP contribution in [0, 0.1) is 0 Å². The van der Waals surface area contributed by atoms with Crippen molar-refractivity contribution in [1.82, 2.24) is 15.3 Å². The van der Waals surface area contributed by atoms with Crippen LogP contribution in [0.3, 0.4) is 0 Å². The fourth-order valence-corrected chi connectivity index (χ4v) is 1.26. The van der Waals surface area contributed by atoms with E-state index in [-0.39, 0.29) is 5.91 Å². The monoisotopic (exact) mass is 219 g/mol. The minimum atomic E-state index is -0.164. The molecule has 0 saturated heterocycles. The lowest BCUT2D eigenvalue weighted by molar-refractivity contribution is 0.0953. The molecule has 0 bridgehead atoms. The molecular weight excluding hydrogens is 202 g/mol. The van der Waals surface area contributed by atoms with Crippen molar-refractivity contribution in [2.45, 2.75) is 20.3 Å². The van der Waals surface area contributed by atoms with Gasteiger partial charge in [-0.1, -0.05) is 30.7 Å². The molecule has 4 nitrogen and oxygen atoms in total. The highest BCUT2D eigenvalue weighted by molar-refractivity contribution is 5.92. The van der Waals surface area contributed by atoms with E-state index >= 15 is 0 Å². The lowest BCUT2D eigenvalue weighted by Crippen LogP contribution is -2.23. The molecule has 2 N–H and O–H groups in total. The summed E-state index contributed by atoms with van der Waals surface area (Å²) in [5.74, 6) is -0.164. The summed E-state index contributed by atoms with van der Waals surface area (Å²) >= 11 is 0. The highest BCUT2D eigenvalue weighted by Gasteiger charge is 2.04. The van der Waals surface area contributed by atoms with Crippen molar-refractivity contribution in [2.24, 2.45) is 0 Å². The summed E-state index contributed by atoms with van der Waals surface area (Å²) < 4.78 is 0. The molecule has 16 heavy (non-hydrogen) atoms. The average molecular weight is 219 g/mol. The van der Waals surface area contributed by atoms with E-state index in [0.29, 0.717) is 12.2 Å². The van der Waals surface area contributed by atoms with Crippen molar-refractivity contribution in [3.05, 3.63) is 42.0 Å². The zero-order valence-electron chi connectivity index (χ0n) is 9.66. The Labute approximate surface area is 95.5 Å². The molecule has 0 radical (unpaired) electrons. The Hall–Kier alpha value is -1.84. The first-order valence-electron chi connectivity index (χ1n) is 5.34. The Kier molecular flexibility index (Phi) is 5.05. The van der Waals surface area contributed by atoms with Gasteiger partial charge in [-0.15, -0.1) is 0 Å². The van der Waals surface area contributed by atoms with E-state index in [4.69, 9.17) is 0 Å². The molecule has 1 amide bonds. The van der Waals surface area contributed by atoms with Gasteiger partial charge in [0.1, 0.15) is 5.69 Å². The summed E-state index contributed by atoms with van der Waals surface area (Å²) in [5.41, 5.74) is 1.62. The zero-order chi connectivity index (χ0) is 11.8. The molecule has 0 saturated carbocycles. The first kappa shape index (κ1) is 12.2. The van der Waals surface area contributed by atoms with Crippen molar-refractivity contribution in [2.75, 3.05) is 6.54 Å². The van der Waals surface area contributed by atoms with Crippen LogP contribution in [0.25, 0.3) is 0 Å². The van der Waals surface area contributed by atoms with Gasteiger partial charge in [0.25, 0.3) is 5.91 Å². The number of H-pyrrole nitrogens is 1. The molecule has 0 unspecified atom stereocenters. The second-order valence-corrected chi connectivity index (χ2v) is 3.42. The third kappa shape index (κ3) is 4.13. The summed E-state index contributed by atoms with van der Waals surface area (Å²) in [4.78, 5) is 18.0. The molecule has 0 aliphatic heterocycles. The van der Waals surface area contributed by atoms with Crippen LogP contribution in [0.1, 0.15) is 30.8 Å². The Morgan fingerprint density at radius 3 is 3.06 bits per heavy atom. The number of allylic oxidation sites excluding steroid dienone is 3. The van der Waals surface area contributed by atoms with Gasteiger partial charge < -0.3 is 10.3 Å². The SMILES string of the molecule is CC/C=C(C)/C=C\CNC(=O)c1c[nH]cn1. The maximum atomic E-state index is 11.4. The molecule has 0 aromatic carbocycles. The van der Waals surface area contributed by atoms with Gasteiger partial charge in [0.2, 0.25) is 0 Å². The van der Waals surface area contributed by atoms with E-state index in [1.807, 2.05) is 19.1 Å². The molecular formula is C12H17N3O. The van der Waals surface area contributed by atoms with Crippen molar-refractivity contribution in [3.63, 3.8) is 0 Å². The number of aromatic amines is 1. The molecule has 0 aliphatic carbocycles. The summed E-state index contributed by atoms with van der Waals surface area (Å²) in [6, 6.07) is 0. The summed E-state index contributed by atoms with van der Waals surface area (Å²) in [6.45, 7) is 4.65. The molecule has 1 aromatic heterocycles. The van der Waals surface area contributed by atoms with Gasteiger partial charge in [0.05, 0.1) is 6.33 Å². The highest BCUT2D eigenvalue weighted by Crippen LogP contribution is 1.96. The third-order valence-corrected chi connectivity index (χ3v) is 2.02. The van der Waals surface area contributed by atoms with Crippen LogP contribution in [0.5, 0.6) is 0 Å². The zero-order valence-corrected chi connectivity index (χ0v) is 9.66. The quantitative estimate of drug-likeness (QED) is 0.745. The van der Waals surface area contributed by atoms with Crippen LogP contribution in [0.15, 0.2) is 36.3 Å². The Morgan fingerprint density at radius 2 is 2.44 bits per heavy atom. The van der Waals surface area contributed by atoms with Gasteiger partial charge in [-0.25, -0.2) is 4.98 Å². The number of aromatic nitrogens is 2. The van der Waals surface area contributed by atoms with Crippen LogP contribution < -0.4 is 5.32 Å². The number of imidazole rings is 1. The summed E-state index contributed by atoms with van der Waals surface area (Å²) in [7, 11) is 0. The van der Waals surface area contributed by atoms with Crippen molar-refractivity contribution in [1.29, 1.82) is 0 Å².